The molecule has 0 amide bonds. The Kier molecular flexibility index (Phi) is 9.89. The number of rotatable bonds is 13. The molecular formula is C27H36N7O8P. The zero-order valence-electron chi connectivity index (χ0n) is 24.5. The van der Waals surface area contributed by atoms with E-state index in [0.29, 0.717) is 12.8 Å². The van der Waals surface area contributed by atoms with E-state index in [0.717, 1.165) is 0 Å². The van der Waals surface area contributed by atoms with Crippen LogP contribution in [0.2, 0.25) is 0 Å². The molecule has 0 spiro atoms. The molecule has 0 aliphatic carbocycles. The molecule has 15 nitrogen and oxygen atoms in total. The van der Waals surface area contributed by atoms with Crippen molar-refractivity contribution in [2.75, 3.05) is 19.5 Å². The second-order valence-corrected chi connectivity index (χ2v) is 11.9. The maximum Gasteiger partial charge on any atom is 0.459 e. The minimum Gasteiger partial charge on any atom is -0.479 e. The van der Waals surface area contributed by atoms with Gasteiger partial charge in [0, 0.05) is 0 Å². The molecule has 0 saturated carbocycles. The molecule has 3 aromatic rings. The van der Waals surface area contributed by atoms with Gasteiger partial charge >= 0.3 is 13.7 Å². The number of aliphatic hydroxyl groups is 1. The molecule has 1 aliphatic heterocycles. The number of anilines is 1. The monoisotopic (exact) mass is 617 g/mol. The Balaban J connectivity index is 1.58. The number of methoxy groups -OCH3 is 1. The van der Waals surface area contributed by atoms with E-state index in [1.165, 1.54) is 31.9 Å². The van der Waals surface area contributed by atoms with Crippen molar-refractivity contribution in [1.29, 1.82) is 5.26 Å². The molecular weight excluding hydrogens is 581 g/mol. The molecule has 0 bridgehead atoms. The second-order valence-electron chi connectivity index (χ2n) is 10.2. The topological polar surface area (TPSA) is 206 Å². The van der Waals surface area contributed by atoms with Crippen molar-refractivity contribution in [2.45, 2.75) is 71.1 Å². The molecule has 1 aromatic carbocycles. The summed E-state index contributed by atoms with van der Waals surface area (Å²) in [6.45, 7) is 6.29. The predicted octanol–water partition coefficient (Wildman–Crippen LogP) is 3.12. The summed E-state index contributed by atoms with van der Waals surface area (Å²) in [6.07, 6.45) is -1.36. The summed E-state index contributed by atoms with van der Waals surface area (Å²) in [5, 5.41) is 24.0. The van der Waals surface area contributed by atoms with Gasteiger partial charge in [0.1, 0.15) is 35.5 Å². The third kappa shape index (κ3) is 6.74. The minimum atomic E-state index is -4.27. The average Bonchev–Trinajstić information content (AvgIpc) is 3.52. The number of carbonyl (C=O) groups is 1. The predicted molar refractivity (Wildman–Crippen MR) is 154 cm³/mol. The maximum atomic E-state index is 14.0. The average molecular weight is 618 g/mol. The van der Waals surface area contributed by atoms with Crippen molar-refractivity contribution < 1.29 is 37.7 Å². The standard InChI is InChI=1S/C27H36N7O8P/c1-6-17(7-2)40-24(36)16(3)33-43(37,42-18-11-9-8-10-12-18)39-13-19-21(35)27(4,14-28)25(41-19)34-15-30-20-22(34)31-26(29)32-23(20)38-5/h8-12,15-17,19,21,25,35H,6-7,13H2,1-5H3,(H,33,37)(H2,29,31,32)/t16-,19+,21+,25+,27+,43?/m0/s1. The van der Waals surface area contributed by atoms with Crippen LogP contribution in [0.25, 0.3) is 11.2 Å². The molecule has 1 fully saturated rings. The lowest BCUT2D eigenvalue weighted by molar-refractivity contribution is -0.151. The van der Waals surface area contributed by atoms with E-state index in [-0.39, 0.29) is 34.8 Å². The summed E-state index contributed by atoms with van der Waals surface area (Å²) in [6, 6.07) is 9.30. The first-order chi connectivity index (χ1) is 20.5. The fraction of sp³-hybridized carbons (Fsp3) is 0.519. The van der Waals surface area contributed by atoms with Gasteiger partial charge in [-0.15, -0.1) is 0 Å². The summed E-state index contributed by atoms with van der Waals surface area (Å²) in [7, 11) is -2.87. The molecule has 1 saturated heterocycles. The van der Waals surface area contributed by atoms with Crippen LogP contribution in [0.3, 0.4) is 0 Å². The molecule has 1 aliphatic rings. The number of carbonyl (C=O) groups excluding carboxylic acids is 1. The van der Waals surface area contributed by atoms with Crippen LogP contribution in [0.1, 0.15) is 46.8 Å². The summed E-state index contributed by atoms with van der Waals surface area (Å²) in [5.74, 6) is -0.389. The van der Waals surface area contributed by atoms with Crippen LogP contribution in [0.15, 0.2) is 36.7 Å². The Morgan fingerprint density at radius 1 is 1.30 bits per heavy atom. The zero-order chi connectivity index (χ0) is 31.4. The number of imidazole rings is 1. The highest BCUT2D eigenvalue weighted by molar-refractivity contribution is 7.52. The van der Waals surface area contributed by atoms with E-state index < -0.39 is 50.2 Å². The third-order valence-electron chi connectivity index (χ3n) is 7.15. The number of fused-ring (bicyclic) bond motifs is 1. The number of para-hydroxylation sites is 1. The van der Waals surface area contributed by atoms with E-state index >= 15 is 0 Å². The van der Waals surface area contributed by atoms with Crippen LogP contribution >= 0.6 is 7.75 Å². The quantitative estimate of drug-likeness (QED) is 0.186. The Morgan fingerprint density at radius 2 is 2.00 bits per heavy atom. The van der Waals surface area contributed by atoms with Crippen LogP contribution < -0.4 is 20.1 Å². The van der Waals surface area contributed by atoms with Gasteiger partial charge < -0.3 is 29.6 Å². The lowest BCUT2D eigenvalue weighted by atomic mass is 9.84. The van der Waals surface area contributed by atoms with Gasteiger partial charge in [-0.2, -0.15) is 20.3 Å². The van der Waals surface area contributed by atoms with Gasteiger partial charge in [0.15, 0.2) is 17.4 Å². The van der Waals surface area contributed by atoms with Crippen molar-refractivity contribution >= 4 is 30.8 Å². The Hall–Kier alpha value is -3.80. The molecule has 2 aromatic heterocycles. The number of benzene rings is 1. The lowest BCUT2D eigenvalue weighted by Gasteiger charge is -2.26. The van der Waals surface area contributed by atoms with Crippen LogP contribution in [0, 0.1) is 16.7 Å². The van der Waals surface area contributed by atoms with Crippen LogP contribution in [-0.4, -0.2) is 68.7 Å². The number of hydrogen-bond donors (Lipinski definition) is 3. The summed E-state index contributed by atoms with van der Waals surface area (Å²) in [5.41, 5.74) is 4.80. The van der Waals surface area contributed by atoms with Gasteiger partial charge in [0.2, 0.25) is 11.8 Å². The number of nitrogen functional groups attached to an aromatic ring is 1. The lowest BCUT2D eigenvalue weighted by Crippen LogP contribution is -2.39. The number of nitrogens with two attached hydrogens (primary N) is 1. The molecule has 16 heteroatoms. The number of nitrogens with one attached hydrogen (secondary N) is 1. The van der Waals surface area contributed by atoms with Gasteiger partial charge in [-0.25, -0.2) is 9.55 Å². The van der Waals surface area contributed by atoms with Crippen LogP contribution in [-0.2, 0) is 23.4 Å². The Labute approximate surface area is 248 Å². The highest BCUT2D eigenvalue weighted by Crippen LogP contribution is 2.49. The summed E-state index contributed by atoms with van der Waals surface area (Å²) < 4.78 is 43.7. The number of aliphatic hydroxyl groups excluding tert-OH is 1. The van der Waals surface area contributed by atoms with E-state index in [4.69, 9.17) is 29.0 Å². The fourth-order valence-corrected chi connectivity index (χ4v) is 6.14. The largest absolute Gasteiger partial charge is 0.479 e. The second kappa shape index (κ2) is 13.2. The molecule has 4 N–H and O–H groups in total. The van der Waals surface area contributed by atoms with E-state index in [2.05, 4.69) is 26.1 Å². The van der Waals surface area contributed by atoms with Gasteiger partial charge in [0.05, 0.1) is 26.1 Å². The first kappa shape index (κ1) is 32.1. The van der Waals surface area contributed by atoms with E-state index in [1.54, 1.807) is 30.3 Å². The SMILES string of the molecule is CCC(CC)OC(=O)[C@H](C)NP(=O)(OC[C@H]1O[C@@H](n2cnc3c(OC)nc(N)nc32)[C@](C)(C#N)[C@@H]1O)Oc1ccccc1. The van der Waals surface area contributed by atoms with E-state index in [1.807, 2.05) is 13.8 Å². The minimum absolute atomic E-state index is 0.0925. The van der Waals surface area contributed by atoms with Gasteiger partial charge in [0.25, 0.3) is 0 Å². The highest BCUT2D eigenvalue weighted by Gasteiger charge is 2.56. The molecule has 1 unspecified atom stereocenters. The van der Waals surface area contributed by atoms with Crippen molar-refractivity contribution in [1.82, 2.24) is 24.6 Å². The van der Waals surface area contributed by atoms with Crippen molar-refractivity contribution in [3.05, 3.63) is 36.7 Å². The summed E-state index contributed by atoms with van der Waals surface area (Å²) >= 11 is 0. The maximum absolute atomic E-state index is 14.0. The third-order valence-corrected chi connectivity index (χ3v) is 8.80. The van der Waals surface area contributed by atoms with Crippen molar-refractivity contribution in [3.8, 4) is 17.7 Å². The zero-order valence-corrected chi connectivity index (χ0v) is 25.4. The molecule has 232 valence electrons. The number of nitrogens with zero attached hydrogens (tertiary/aromatic N) is 5. The summed E-state index contributed by atoms with van der Waals surface area (Å²) in [4.78, 5) is 25.2. The first-order valence-electron chi connectivity index (χ1n) is 13.7. The normalized spacial score (nSPS) is 23.9. The number of aromatic nitrogens is 4. The first-order valence-corrected chi connectivity index (χ1v) is 15.3. The Morgan fingerprint density at radius 3 is 2.63 bits per heavy atom. The number of ether oxygens (including phenoxy) is 3. The molecule has 43 heavy (non-hydrogen) atoms. The number of nitriles is 1. The number of hydrogen-bond acceptors (Lipinski definition) is 13. The fourth-order valence-electron chi connectivity index (χ4n) is 4.63. The van der Waals surface area contributed by atoms with Crippen molar-refractivity contribution in [2.24, 2.45) is 5.41 Å². The van der Waals surface area contributed by atoms with Crippen molar-refractivity contribution in [3.63, 3.8) is 0 Å². The van der Waals surface area contributed by atoms with Crippen LogP contribution in [0.4, 0.5) is 5.95 Å². The highest BCUT2D eigenvalue weighted by atomic mass is 31.2. The molecule has 0 radical (unpaired) electrons. The smallest absolute Gasteiger partial charge is 0.459 e. The van der Waals surface area contributed by atoms with Gasteiger partial charge in [-0.1, -0.05) is 32.0 Å². The van der Waals surface area contributed by atoms with Gasteiger partial charge in [-0.05, 0) is 38.8 Å². The molecule has 4 rings (SSSR count). The van der Waals surface area contributed by atoms with Gasteiger partial charge in [-0.3, -0.25) is 13.9 Å². The molecule has 3 heterocycles. The van der Waals surface area contributed by atoms with Crippen LogP contribution in [0.5, 0.6) is 11.6 Å². The number of esters is 1. The van der Waals surface area contributed by atoms with E-state index in [9.17, 15) is 19.7 Å². The molecule has 6 atom stereocenters. The Bertz CT molecular complexity index is 1510.